The van der Waals surface area contributed by atoms with Gasteiger partial charge in [0.15, 0.2) is 0 Å². The second kappa shape index (κ2) is 7.79. The molecule has 0 atom stereocenters. The van der Waals surface area contributed by atoms with E-state index in [4.69, 9.17) is 16.3 Å². The van der Waals surface area contributed by atoms with Gasteiger partial charge in [0.1, 0.15) is 0 Å². The topological polar surface area (TPSA) is 50.7 Å². The third kappa shape index (κ3) is 5.30. The maximum atomic E-state index is 11.2. The Morgan fingerprint density at radius 3 is 2.84 bits per heavy atom. The van der Waals surface area contributed by atoms with Gasteiger partial charge in [-0.15, -0.1) is 0 Å². The van der Waals surface area contributed by atoms with Gasteiger partial charge in [0.2, 0.25) is 0 Å². The number of nitrogens with zero attached hydrogens (tertiary/aromatic N) is 1. The summed E-state index contributed by atoms with van der Waals surface area (Å²) in [4.78, 5) is 11.2. The van der Waals surface area contributed by atoms with E-state index in [-0.39, 0.29) is 5.97 Å². The lowest BCUT2D eigenvalue weighted by molar-refractivity contribution is -0.142. The standard InChI is InChI=1S/C14H19ClN2O2/c1-4-19-14(18)9-8-10(2)16-17-13-7-5-6-12(15)11(13)3/h5-7,17H,4,8-9H2,1-3H3/b16-10-. The predicted octanol–water partition coefficient (Wildman–Crippen LogP) is 3.78. The Balaban J connectivity index is 2.51. The van der Waals surface area contributed by atoms with E-state index < -0.39 is 0 Å². The van der Waals surface area contributed by atoms with E-state index in [1.54, 1.807) is 6.92 Å². The zero-order valence-electron chi connectivity index (χ0n) is 11.5. The number of carbonyl (C=O) groups excluding carboxylic acids is 1. The SMILES string of the molecule is CCOC(=O)CC/C(C)=N\Nc1cccc(Cl)c1C. The van der Waals surface area contributed by atoms with Gasteiger partial charge in [-0.1, -0.05) is 17.7 Å². The molecule has 1 aromatic carbocycles. The molecule has 0 saturated carbocycles. The van der Waals surface area contributed by atoms with Gasteiger partial charge in [0.25, 0.3) is 0 Å². The van der Waals surface area contributed by atoms with Crippen molar-refractivity contribution in [3.63, 3.8) is 0 Å². The Morgan fingerprint density at radius 1 is 1.42 bits per heavy atom. The first-order chi connectivity index (χ1) is 9.04. The Hall–Kier alpha value is -1.55. The monoisotopic (exact) mass is 282 g/mol. The lowest BCUT2D eigenvalue weighted by atomic mass is 10.2. The van der Waals surface area contributed by atoms with E-state index in [0.29, 0.717) is 24.5 Å². The number of rotatable bonds is 6. The smallest absolute Gasteiger partial charge is 0.306 e. The fourth-order valence-electron chi connectivity index (χ4n) is 1.46. The van der Waals surface area contributed by atoms with Crippen LogP contribution in [-0.4, -0.2) is 18.3 Å². The second-order valence-electron chi connectivity index (χ2n) is 4.18. The summed E-state index contributed by atoms with van der Waals surface area (Å²) >= 11 is 6.02. The molecule has 1 aromatic rings. The van der Waals surface area contributed by atoms with Gasteiger partial charge in [-0.05, 0) is 44.9 Å². The number of esters is 1. The van der Waals surface area contributed by atoms with Crippen molar-refractivity contribution in [1.29, 1.82) is 0 Å². The predicted molar refractivity (Wildman–Crippen MR) is 78.8 cm³/mol. The van der Waals surface area contributed by atoms with E-state index in [9.17, 15) is 4.79 Å². The van der Waals surface area contributed by atoms with Crippen LogP contribution in [0.2, 0.25) is 5.02 Å². The van der Waals surface area contributed by atoms with E-state index in [2.05, 4.69) is 10.5 Å². The average Bonchev–Trinajstić information content (AvgIpc) is 2.38. The Labute approximate surface area is 118 Å². The number of nitrogens with one attached hydrogen (secondary N) is 1. The molecule has 104 valence electrons. The summed E-state index contributed by atoms with van der Waals surface area (Å²) in [5.74, 6) is -0.198. The molecule has 0 saturated heterocycles. The molecule has 4 nitrogen and oxygen atoms in total. The summed E-state index contributed by atoms with van der Waals surface area (Å²) < 4.78 is 4.86. The normalized spacial score (nSPS) is 11.3. The maximum Gasteiger partial charge on any atom is 0.306 e. The lowest BCUT2D eigenvalue weighted by Crippen LogP contribution is -2.07. The third-order valence-electron chi connectivity index (χ3n) is 2.63. The molecular formula is C14H19ClN2O2. The molecule has 1 N–H and O–H groups in total. The fourth-order valence-corrected chi connectivity index (χ4v) is 1.63. The summed E-state index contributed by atoms with van der Waals surface area (Å²) in [5, 5.41) is 4.93. The van der Waals surface area contributed by atoms with E-state index in [1.807, 2.05) is 32.0 Å². The van der Waals surface area contributed by atoms with Crippen LogP contribution in [-0.2, 0) is 9.53 Å². The molecule has 0 fully saturated rings. The minimum absolute atomic E-state index is 0.198. The van der Waals surface area contributed by atoms with Crippen molar-refractivity contribution in [2.24, 2.45) is 5.10 Å². The number of hydrogen-bond donors (Lipinski definition) is 1. The van der Waals surface area contributed by atoms with Gasteiger partial charge in [0.05, 0.1) is 18.7 Å². The van der Waals surface area contributed by atoms with Crippen LogP contribution < -0.4 is 5.43 Å². The third-order valence-corrected chi connectivity index (χ3v) is 3.04. The van der Waals surface area contributed by atoms with Crippen LogP contribution in [0.5, 0.6) is 0 Å². The number of anilines is 1. The van der Waals surface area contributed by atoms with E-state index in [0.717, 1.165) is 17.0 Å². The molecule has 0 spiro atoms. The summed E-state index contributed by atoms with van der Waals surface area (Å²) in [5.41, 5.74) is 5.61. The number of hydrazone groups is 1. The molecule has 0 aliphatic carbocycles. The molecule has 0 bridgehead atoms. The highest BCUT2D eigenvalue weighted by molar-refractivity contribution is 6.31. The second-order valence-corrected chi connectivity index (χ2v) is 4.58. The van der Waals surface area contributed by atoms with Crippen LogP contribution in [0.1, 0.15) is 32.3 Å². The molecule has 0 aliphatic heterocycles. The maximum absolute atomic E-state index is 11.2. The Morgan fingerprint density at radius 2 is 2.16 bits per heavy atom. The average molecular weight is 283 g/mol. The summed E-state index contributed by atoms with van der Waals surface area (Å²) in [7, 11) is 0. The highest BCUT2D eigenvalue weighted by Crippen LogP contribution is 2.22. The molecule has 19 heavy (non-hydrogen) atoms. The van der Waals surface area contributed by atoms with Crippen LogP contribution >= 0.6 is 11.6 Å². The first-order valence-electron chi connectivity index (χ1n) is 6.24. The number of halogens is 1. The van der Waals surface area contributed by atoms with E-state index >= 15 is 0 Å². The molecular weight excluding hydrogens is 264 g/mol. The molecule has 0 radical (unpaired) electrons. The molecule has 0 unspecified atom stereocenters. The van der Waals surface area contributed by atoms with Gasteiger partial charge in [-0.2, -0.15) is 5.10 Å². The number of hydrogen-bond acceptors (Lipinski definition) is 4. The Bertz CT molecular complexity index is 473. The van der Waals surface area contributed by atoms with Crippen molar-refractivity contribution >= 4 is 29.0 Å². The zero-order chi connectivity index (χ0) is 14.3. The first kappa shape index (κ1) is 15.5. The van der Waals surface area contributed by atoms with Gasteiger partial charge in [-0.3, -0.25) is 10.2 Å². The van der Waals surface area contributed by atoms with Crippen molar-refractivity contribution in [1.82, 2.24) is 0 Å². The van der Waals surface area contributed by atoms with Crippen molar-refractivity contribution in [3.05, 3.63) is 28.8 Å². The van der Waals surface area contributed by atoms with Gasteiger partial charge < -0.3 is 4.74 Å². The van der Waals surface area contributed by atoms with Gasteiger partial charge in [-0.25, -0.2) is 0 Å². The highest BCUT2D eigenvalue weighted by atomic mass is 35.5. The van der Waals surface area contributed by atoms with Crippen molar-refractivity contribution in [2.45, 2.75) is 33.6 Å². The van der Waals surface area contributed by atoms with Crippen LogP contribution in [0, 0.1) is 6.92 Å². The van der Waals surface area contributed by atoms with Gasteiger partial charge in [0, 0.05) is 10.7 Å². The summed E-state index contributed by atoms with van der Waals surface area (Å²) in [6.07, 6.45) is 0.921. The first-order valence-corrected chi connectivity index (χ1v) is 6.62. The van der Waals surface area contributed by atoms with Crippen LogP contribution in [0.25, 0.3) is 0 Å². The van der Waals surface area contributed by atoms with Crippen molar-refractivity contribution in [3.8, 4) is 0 Å². The summed E-state index contributed by atoms with van der Waals surface area (Å²) in [6, 6.07) is 5.60. The van der Waals surface area contributed by atoms with Crippen LogP contribution in [0.3, 0.4) is 0 Å². The molecule has 5 heteroatoms. The molecule has 0 aliphatic rings. The quantitative estimate of drug-likeness (QED) is 0.491. The molecule has 0 aromatic heterocycles. The highest BCUT2D eigenvalue weighted by Gasteiger charge is 2.04. The molecule has 0 heterocycles. The van der Waals surface area contributed by atoms with Crippen molar-refractivity contribution in [2.75, 3.05) is 12.0 Å². The lowest BCUT2D eigenvalue weighted by Gasteiger charge is -2.07. The van der Waals surface area contributed by atoms with E-state index in [1.165, 1.54) is 0 Å². The molecule has 1 rings (SSSR count). The number of ether oxygens (including phenoxy) is 1. The largest absolute Gasteiger partial charge is 0.466 e. The Kier molecular flexibility index (Phi) is 6.36. The van der Waals surface area contributed by atoms with Crippen molar-refractivity contribution < 1.29 is 9.53 Å². The van der Waals surface area contributed by atoms with Crippen LogP contribution in [0.4, 0.5) is 5.69 Å². The minimum atomic E-state index is -0.198. The fraction of sp³-hybridized carbons (Fsp3) is 0.429. The number of carbonyl (C=O) groups is 1. The zero-order valence-corrected chi connectivity index (χ0v) is 12.3. The van der Waals surface area contributed by atoms with Gasteiger partial charge >= 0.3 is 5.97 Å². The minimum Gasteiger partial charge on any atom is -0.466 e. The molecule has 0 amide bonds. The number of benzene rings is 1. The van der Waals surface area contributed by atoms with Crippen LogP contribution in [0.15, 0.2) is 23.3 Å². The summed E-state index contributed by atoms with van der Waals surface area (Å²) in [6.45, 7) is 6.00.